The summed E-state index contributed by atoms with van der Waals surface area (Å²) in [6, 6.07) is 9.10. The van der Waals surface area contributed by atoms with Crippen molar-refractivity contribution in [3.8, 4) is 5.75 Å². The van der Waals surface area contributed by atoms with Crippen LogP contribution in [0.4, 0.5) is 10.1 Å². The van der Waals surface area contributed by atoms with Crippen molar-refractivity contribution in [1.82, 2.24) is 5.32 Å². The van der Waals surface area contributed by atoms with Crippen molar-refractivity contribution < 1.29 is 18.8 Å². The molecule has 0 bridgehead atoms. The molecule has 0 saturated carbocycles. The maximum Gasteiger partial charge on any atom is 0.270 e. The highest BCUT2D eigenvalue weighted by atomic mass is 35.5. The van der Waals surface area contributed by atoms with E-state index in [9.17, 15) is 19.3 Å². The van der Waals surface area contributed by atoms with Crippen LogP contribution in [0.5, 0.6) is 5.75 Å². The summed E-state index contributed by atoms with van der Waals surface area (Å²) in [6.07, 6.45) is 0. The fraction of sp³-hybridized carbons (Fsp3) is 0.133. The highest BCUT2D eigenvalue weighted by molar-refractivity contribution is 6.34. The lowest BCUT2D eigenvalue weighted by molar-refractivity contribution is -0.384. The molecule has 23 heavy (non-hydrogen) atoms. The van der Waals surface area contributed by atoms with Gasteiger partial charge in [-0.15, -0.1) is 0 Å². The largest absolute Gasteiger partial charge is 0.492 e. The first-order valence-corrected chi connectivity index (χ1v) is 6.95. The van der Waals surface area contributed by atoms with Crippen molar-refractivity contribution >= 4 is 23.2 Å². The number of nitrogens with one attached hydrogen (secondary N) is 1. The van der Waals surface area contributed by atoms with Gasteiger partial charge in [0.05, 0.1) is 22.1 Å². The number of hydrogen-bond acceptors (Lipinski definition) is 4. The van der Waals surface area contributed by atoms with E-state index in [0.717, 1.165) is 6.07 Å². The number of nitrogens with zero attached hydrogens (tertiary/aromatic N) is 1. The molecule has 0 aromatic heterocycles. The van der Waals surface area contributed by atoms with Crippen molar-refractivity contribution in [1.29, 1.82) is 0 Å². The third kappa shape index (κ3) is 4.65. The lowest BCUT2D eigenvalue weighted by Crippen LogP contribution is -2.28. The van der Waals surface area contributed by atoms with Gasteiger partial charge in [0, 0.05) is 12.1 Å². The van der Waals surface area contributed by atoms with Gasteiger partial charge in [0.1, 0.15) is 18.2 Å². The summed E-state index contributed by atoms with van der Waals surface area (Å²) >= 11 is 5.86. The topological polar surface area (TPSA) is 81.5 Å². The third-order valence-corrected chi connectivity index (χ3v) is 3.19. The molecule has 0 spiro atoms. The lowest BCUT2D eigenvalue weighted by Gasteiger charge is -2.08. The fourth-order valence-electron chi connectivity index (χ4n) is 1.76. The van der Waals surface area contributed by atoms with Gasteiger partial charge < -0.3 is 10.1 Å². The molecule has 2 aromatic carbocycles. The smallest absolute Gasteiger partial charge is 0.270 e. The van der Waals surface area contributed by atoms with Crippen LogP contribution in [0, 0.1) is 15.9 Å². The van der Waals surface area contributed by atoms with Gasteiger partial charge in [0.25, 0.3) is 11.6 Å². The first kappa shape index (κ1) is 16.7. The number of amides is 1. The molecule has 0 aliphatic heterocycles. The minimum atomic E-state index is -0.593. The number of halogens is 2. The van der Waals surface area contributed by atoms with Gasteiger partial charge in [-0.1, -0.05) is 11.6 Å². The van der Waals surface area contributed by atoms with Crippen molar-refractivity contribution in [2.45, 2.75) is 0 Å². The van der Waals surface area contributed by atoms with Crippen LogP contribution in [0.1, 0.15) is 10.4 Å². The van der Waals surface area contributed by atoms with Crippen LogP contribution in [0.3, 0.4) is 0 Å². The van der Waals surface area contributed by atoms with Crippen molar-refractivity contribution in [2.24, 2.45) is 0 Å². The van der Waals surface area contributed by atoms with E-state index in [-0.39, 0.29) is 35.2 Å². The molecule has 0 heterocycles. The Kier molecular flexibility index (Phi) is 5.48. The Morgan fingerprint density at radius 1 is 1.26 bits per heavy atom. The summed E-state index contributed by atoms with van der Waals surface area (Å²) < 4.78 is 18.0. The van der Waals surface area contributed by atoms with E-state index in [2.05, 4.69) is 5.32 Å². The second-order valence-electron chi connectivity index (χ2n) is 4.48. The molecule has 0 unspecified atom stereocenters. The second-order valence-corrected chi connectivity index (χ2v) is 4.89. The van der Waals surface area contributed by atoms with Crippen molar-refractivity contribution in [3.63, 3.8) is 0 Å². The van der Waals surface area contributed by atoms with Gasteiger partial charge in [-0.3, -0.25) is 14.9 Å². The minimum Gasteiger partial charge on any atom is -0.492 e. The van der Waals surface area contributed by atoms with Gasteiger partial charge in [0.15, 0.2) is 0 Å². The zero-order valence-electron chi connectivity index (χ0n) is 11.8. The highest BCUT2D eigenvalue weighted by Gasteiger charge is 2.14. The van der Waals surface area contributed by atoms with E-state index in [0.29, 0.717) is 5.75 Å². The number of carbonyl (C=O) groups excluding carboxylic acids is 1. The van der Waals surface area contributed by atoms with Crippen LogP contribution in [0.25, 0.3) is 0 Å². The number of non-ortho nitro benzene ring substituents is 1. The average Bonchev–Trinajstić information content (AvgIpc) is 2.52. The van der Waals surface area contributed by atoms with Gasteiger partial charge in [-0.2, -0.15) is 0 Å². The molecule has 2 aromatic rings. The van der Waals surface area contributed by atoms with E-state index in [1.54, 1.807) is 0 Å². The molecule has 1 N–H and O–H groups in total. The Balaban J connectivity index is 1.85. The van der Waals surface area contributed by atoms with Crippen LogP contribution in [-0.2, 0) is 0 Å². The van der Waals surface area contributed by atoms with Crippen LogP contribution in [0.15, 0.2) is 42.5 Å². The van der Waals surface area contributed by atoms with E-state index in [4.69, 9.17) is 16.3 Å². The first-order valence-electron chi connectivity index (χ1n) is 6.58. The Labute approximate surface area is 136 Å². The van der Waals surface area contributed by atoms with Gasteiger partial charge in [-0.25, -0.2) is 4.39 Å². The summed E-state index contributed by atoms with van der Waals surface area (Å²) in [6.45, 7) is 0.380. The monoisotopic (exact) mass is 338 g/mol. The number of benzene rings is 2. The molecule has 0 atom stereocenters. The predicted molar refractivity (Wildman–Crippen MR) is 82.3 cm³/mol. The number of nitro groups is 1. The summed E-state index contributed by atoms with van der Waals surface area (Å²) in [5.41, 5.74) is -0.0507. The van der Waals surface area contributed by atoms with E-state index < -0.39 is 10.8 Å². The van der Waals surface area contributed by atoms with Crippen molar-refractivity contribution in [3.05, 3.63) is 69.0 Å². The Bertz CT molecular complexity index is 722. The average molecular weight is 339 g/mol. The summed E-state index contributed by atoms with van der Waals surface area (Å²) in [4.78, 5) is 21.9. The Hall–Kier alpha value is -2.67. The van der Waals surface area contributed by atoms with Gasteiger partial charge >= 0.3 is 0 Å². The summed E-state index contributed by atoms with van der Waals surface area (Å²) in [7, 11) is 0. The second kappa shape index (κ2) is 7.55. The number of ether oxygens (including phenoxy) is 1. The molecule has 0 radical (unpaired) electrons. The molecule has 1 amide bonds. The maximum absolute atomic E-state index is 12.7. The quantitative estimate of drug-likeness (QED) is 0.498. The number of carbonyl (C=O) groups is 1. The minimum absolute atomic E-state index is 0.00356. The van der Waals surface area contributed by atoms with Gasteiger partial charge in [0.2, 0.25) is 0 Å². The predicted octanol–water partition coefficient (Wildman–Crippen LogP) is 3.20. The van der Waals surface area contributed by atoms with Crippen LogP contribution >= 0.6 is 11.6 Å². The third-order valence-electron chi connectivity index (χ3n) is 2.88. The zero-order chi connectivity index (χ0) is 16.8. The SMILES string of the molecule is O=C(NCCOc1ccc(F)cc1)c1ccc([N+](=O)[O-])cc1Cl. The Morgan fingerprint density at radius 3 is 2.57 bits per heavy atom. The zero-order valence-corrected chi connectivity index (χ0v) is 12.5. The molecular weight excluding hydrogens is 327 g/mol. The van der Waals surface area contributed by atoms with Crippen molar-refractivity contribution in [2.75, 3.05) is 13.2 Å². The molecule has 0 aliphatic carbocycles. The van der Waals surface area contributed by atoms with E-state index in [1.807, 2.05) is 0 Å². The van der Waals surface area contributed by atoms with E-state index >= 15 is 0 Å². The molecular formula is C15H12ClFN2O4. The standard InChI is InChI=1S/C15H12ClFN2O4/c16-14-9-11(19(21)22)3-6-13(14)15(20)18-7-8-23-12-4-1-10(17)2-5-12/h1-6,9H,7-8H2,(H,18,20). The Morgan fingerprint density at radius 2 is 1.96 bits per heavy atom. The molecule has 0 fully saturated rings. The highest BCUT2D eigenvalue weighted by Crippen LogP contribution is 2.22. The maximum atomic E-state index is 12.7. The lowest BCUT2D eigenvalue weighted by atomic mass is 10.2. The number of hydrogen-bond donors (Lipinski definition) is 1. The van der Waals surface area contributed by atoms with Crippen LogP contribution in [-0.4, -0.2) is 24.0 Å². The molecule has 2 rings (SSSR count). The van der Waals surface area contributed by atoms with Crippen LogP contribution < -0.4 is 10.1 Å². The molecule has 8 heteroatoms. The molecule has 0 aliphatic rings. The molecule has 0 saturated heterocycles. The first-order chi connectivity index (χ1) is 11.0. The van der Waals surface area contributed by atoms with E-state index in [1.165, 1.54) is 36.4 Å². The van der Waals surface area contributed by atoms with Crippen LogP contribution in [0.2, 0.25) is 5.02 Å². The normalized spacial score (nSPS) is 10.2. The molecule has 120 valence electrons. The summed E-state index contributed by atoms with van der Waals surface area (Å²) in [5, 5.41) is 13.2. The van der Waals surface area contributed by atoms with Gasteiger partial charge in [-0.05, 0) is 30.3 Å². The summed E-state index contributed by atoms with van der Waals surface area (Å²) in [5.74, 6) is -0.347. The number of rotatable bonds is 6. The molecule has 6 nitrogen and oxygen atoms in total. The number of nitro benzene ring substituents is 1. The fourth-order valence-corrected chi connectivity index (χ4v) is 2.02.